The third-order valence-corrected chi connectivity index (χ3v) is 1.59. The Bertz CT molecular complexity index is 303. The molecule has 0 radical (unpaired) electrons. The number of carbonyl (C=O) groups is 1. The van der Waals surface area contributed by atoms with Crippen LogP contribution in [0.3, 0.4) is 0 Å². The van der Waals surface area contributed by atoms with Crippen molar-refractivity contribution >= 4 is 5.97 Å². The van der Waals surface area contributed by atoms with Crippen molar-refractivity contribution in [3.8, 4) is 0 Å². The number of hydrogen-bond donors (Lipinski definition) is 1. The molecule has 0 aliphatic heterocycles. The predicted octanol–water partition coefficient (Wildman–Crippen LogP) is 1.11. The molecule has 0 aliphatic rings. The minimum atomic E-state index is -0.817. The molecular weight excluding hydrogens is 168 g/mol. The maximum atomic E-state index is 10.3. The fraction of sp³-hybridized carbons (Fsp3) is 0.444. The highest BCUT2D eigenvalue weighted by Crippen LogP contribution is 2.01. The lowest BCUT2D eigenvalue weighted by atomic mass is 10.2. The molecule has 0 bridgehead atoms. The Hall–Kier alpha value is -1.45. The zero-order valence-corrected chi connectivity index (χ0v) is 7.74. The van der Waals surface area contributed by atoms with Crippen molar-refractivity contribution in [2.24, 2.45) is 0 Å². The van der Waals surface area contributed by atoms with Gasteiger partial charge in [0.2, 0.25) is 0 Å². The van der Waals surface area contributed by atoms with Crippen molar-refractivity contribution in [1.29, 1.82) is 0 Å². The van der Waals surface area contributed by atoms with E-state index in [1.807, 2.05) is 19.9 Å². The maximum Gasteiger partial charge on any atom is 0.303 e. The summed E-state index contributed by atoms with van der Waals surface area (Å²) in [6.07, 6.45) is 0.487. The normalized spacial score (nSPS) is 10.0. The Labute approximate surface area is 76.7 Å². The topological polar surface area (TPSA) is 63.1 Å². The van der Waals surface area contributed by atoms with Crippen LogP contribution in [0.5, 0.6) is 0 Å². The number of aliphatic carboxylic acids is 1. The first-order valence-electron chi connectivity index (χ1n) is 4.11. The second-order valence-electron chi connectivity index (χ2n) is 2.96. The summed E-state index contributed by atoms with van der Waals surface area (Å²) in [5.41, 5.74) is 1.76. The van der Waals surface area contributed by atoms with E-state index >= 15 is 0 Å². The lowest BCUT2D eigenvalue weighted by Crippen LogP contribution is -2.03. The summed E-state index contributed by atoms with van der Waals surface area (Å²) in [6.45, 7) is 3.75. The van der Waals surface area contributed by atoms with Gasteiger partial charge in [0, 0.05) is 17.8 Å². The van der Waals surface area contributed by atoms with Crippen LogP contribution in [0.25, 0.3) is 0 Å². The highest BCUT2D eigenvalue weighted by atomic mass is 16.4. The fourth-order valence-electron chi connectivity index (χ4n) is 1.13. The van der Waals surface area contributed by atoms with Gasteiger partial charge in [0.25, 0.3) is 0 Å². The molecule has 0 saturated carbocycles. The Balaban J connectivity index is 2.71. The molecule has 1 aromatic rings. The van der Waals surface area contributed by atoms with Crippen molar-refractivity contribution in [1.82, 2.24) is 9.97 Å². The smallest absolute Gasteiger partial charge is 0.303 e. The fourth-order valence-corrected chi connectivity index (χ4v) is 1.13. The van der Waals surface area contributed by atoms with Gasteiger partial charge in [-0.15, -0.1) is 0 Å². The zero-order valence-electron chi connectivity index (χ0n) is 7.74. The van der Waals surface area contributed by atoms with E-state index in [0.29, 0.717) is 12.2 Å². The summed E-state index contributed by atoms with van der Waals surface area (Å²) in [5, 5.41) is 8.46. The van der Waals surface area contributed by atoms with E-state index in [9.17, 15) is 4.79 Å². The second kappa shape index (κ2) is 3.98. The standard InChI is InChI=1S/C9H12N2O2/c1-6-5-7(2)11-8(10-6)3-4-9(12)13/h5H,3-4H2,1-2H3,(H,12,13). The van der Waals surface area contributed by atoms with Gasteiger partial charge in [0.15, 0.2) is 0 Å². The van der Waals surface area contributed by atoms with Crippen molar-refractivity contribution in [2.75, 3.05) is 0 Å². The molecule has 0 aromatic carbocycles. The molecule has 1 aromatic heterocycles. The average molecular weight is 180 g/mol. The van der Waals surface area contributed by atoms with Gasteiger partial charge >= 0.3 is 5.97 Å². The van der Waals surface area contributed by atoms with Gasteiger partial charge in [-0.25, -0.2) is 9.97 Å². The molecule has 13 heavy (non-hydrogen) atoms. The molecule has 0 amide bonds. The average Bonchev–Trinajstić information content (AvgIpc) is 1.99. The summed E-state index contributed by atoms with van der Waals surface area (Å²) in [6, 6.07) is 1.87. The van der Waals surface area contributed by atoms with Crippen molar-refractivity contribution < 1.29 is 9.90 Å². The first-order chi connectivity index (χ1) is 6.08. The summed E-state index contributed by atoms with van der Waals surface area (Å²) in [5.74, 6) is -0.206. The van der Waals surface area contributed by atoms with Gasteiger partial charge in [0.05, 0.1) is 6.42 Å². The van der Waals surface area contributed by atoms with Crippen molar-refractivity contribution in [3.05, 3.63) is 23.3 Å². The van der Waals surface area contributed by atoms with Gasteiger partial charge in [-0.05, 0) is 19.9 Å². The van der Waals surface area contributed by atoms with Crippen LogP contribution in [-0.2, 0) is 11.2 Å². The van der Waals surface area contributed by atoms with E-state index in [-0.39, 0.29) is 6.42 Å². The number of hydrogen-bond acceptors (Lipinski definition) is 3. The molecule has 4 heteroatoms. The molecule has 0 atom stereocenters. The Kier molecular flexibility index (Phi) is 2.95. The third-order valence-electron chi connectivity index (χ3n) is 1.59. The van der Waals surface area contributed by atoms with Crippen LogP contribution < -0.4 is 0 Å². The first kappa shape index (κ1) is 9.64. The lowest BCUT2D eigenvalue weighted by Gasteiger charge is -2.00. The number of aryl methyl sites for hydroxylation is 3. The van der Waals surface area contributed by atoms with E-state index in [2.05, 4.69) is 9.97 Å². The van der Waals surface area contributed by atoms with Crippen LogP contribution in [-0.4, -0.2) is 21.0 Å². The summed E-state index contributed by atoms with van der Waals surface area (Å²) < 4.78 is 0. The number of rotatable bonds is 3. The van der Waals surface area contributed by atoms with E-state index in [0.717, 1.165) is 11.4 Å². The van der Waals surface area contributed by atoms with Crippen molar-refractivity contribution in [2.45, 2.75) is 26.7 Å². The van der Waals surface area contributed by atoms with E-state index < -0.39 is 5.97 Å². The molecular formula is C9H12N2O2. The SMILES string of the molecule is Cc1cc(C)nc(CCC(=O)O)n1. The zero-order chi connectivity index (χ0) is 9.84. The minimum absolute atomic E-state index is 0.0862. The van der Waals surface area contributed by atoms with Crippen LogP contribution in [0, 0.1) is 13.8 Å². The van der Waals surface area contributed by atoms with Gasteiger partial charge < -0.3 is 5.11 Å². The lowest BCUT2D eigenvalue weighted by molar-refractivity contribution is -0.137. The number of nitrogens with zero attached hydrogens (tertiary/aromatic N) is 2. The molecule has 0 fully saturated rings. The van der Waals surface area contributed by atoms with Crippen molar-refractivity contribution in [3.63, 3.8) is 0 Å². The minimum Gasteiger partial charge on any atom is -0.481 e. The number of carboxylic acids is 1. The van der Waals surface area contributed by atoms with E-state index in [1.165, 1.54) is 0 Å². The molecule has 70 valence electrons. The Morgan fingerprint density at radius 1 is 1.38 bits per heavy atom. The van der Waals surface area contributed by atoms with Gasteiger partial charge in [-0.3, -0.25) is 4.79 Å². The Morgan fingerprint density at radius 2 is 1.92 bits per heavy atom. The van der Waals surface area contributed by atoms with Crippen LogP contribution in [0.15, 0.2) is 6.07 Å². The summed E-state index contributed by atoms with van der Waals surface area (Å²) >= 11 is 0. The van der Waals surface area contributed by atoms with Crippen LogP contribution in [0.4, 0.5) is 0 Å². The van der Waals surface area contributed by atoms with Gasteiger partial charge in [-0.2, -0.15) is 0 Å². The molecule has 0 spiro atoms. The largest absolute Gasteiger partial charge is 0.481 e. The van der Waals surface area contributed by atoms with E-state index in [1.54, 1.807) is 0 Å². The molecule has 0 unspecified atom stereocenters. The number of carboxylic acid groups (broad SMARTS) is 1. The molecule has 0 saturated heterocycles. The van der Waals surface area contributed by atoms with Crippen LogP contribution >= 0.6 is 0 Å². The summed E-state index contributed by atoms with van der Waals surface area (Å²) in [4.78, 5) is 18.5. The van der Waals surface area contributed by atoms with Crippen LogP contribution in [0.1, 0.15) is 23.6 Å². The van der Waals surface area contributed by atoms with E-state index in [4.69, 9.17) is 5.11 Å². The molecule has 1 rings (SSSR count). The summed E-state index contributed by atoms with van der Waals surface area (Å²) in [7, 11) is 0. The predicted molar refractivity (Wildman–Crippen MR) is 47.5 cm³/mol. The van der Waals surface area contributed by atoms with Gasteiger partial charge in [0.1, 0.15) is 5.82 Å². The van der Waals surface area contributed by atoms with Gasteiger partial charge in [-0.1, -0.05) is 0 Å². The second-order valence-corrected chi connectivity index (χ2v) is 2.96. The Morgan fingerprint density at radius 3 is 2.38 bits per heavy atom. The monoisotopic (exact) mass is 180 g/mol. The van der Waals surface area contributed by atoms with Crippen LogP contribution in [0.2, 0.25) is 0 Å². The third kappa shape index (κ3) is 3.19. The molecule has 0 aliphatic carbocycles. The molecule has 1 heterocycles. The highest BCUT2D eigenvalue weighted by molar-refractivity contribution is 5.66. The number of aromatic nitrogens is 2. The highest BCUT2D eigenvalue weighted by Gasteiger charge is 2.02. The maximum absolute atomic E-state index is 10.3. The first-order valence-corrected chi connectivity index (χ1v) is 4.11. The molecule has 4 nitrogen and oxygen atoms in total. The quantitative estimate of drug-likeness (QED) is 0.756. The molecule has 1 N–H and O–H groups in total.